The third kappa shape index (κ3) is 3.44. The normalized spacial score (nSPS) is 10.3. The molecule has 7 nitrogen and oxygen atoms in total. The summed E-state index contributed by atoms with van der Waals surface area (Å²) in [6.07, 6.45) is 7.02. The molecular weight excluding hydrogens is 250 g/mol. The van der Waals surface area contributed by atoms with Gasteiger partial charge in [0.2, 0.25) is 0 Å². The number of aromatic nitrogens is 2. The average Bonchev–Trinajstić information content (AvgIpc) is 3.05. The third-order valence-corrected chi connectivity index (χ3v) is 2.51. The maximum Gasteiger partial charge on any atom is 0.338 e. The van der Waals surface area contributed by atoms with Crippen LogP contribution in [0.15, 0.2) is 35.5 Å². The molecule has 0 fully saturated rings. The van der Waals surface area contributed by atoms with Crippen molar-refractivity contribution in [3.05, 3.63) is 42.4 Å². The summed E-state index contributed by atoms with van der Waals surface area (Å²) >= 11 is 0. The van der Waals surface area contributed by atoms with Crippen LogP contribution in [0.1, 0.15) is 27.3 Å². The SMILES string of the molecule is O=C(O)c1coc(C(=O)NCCCn2ccnc2)c1. The summed E-state index contributed by atoms with van der Waals surface area (Å²) < 4.78 is 6.79. The van der Waals surface area contributed by atoms with Crippen LogP contribution in [0, 0.1) is 0 Å². The van der Waals surface area contributed by atoms with E-state index in [1.165, 1.54) is 6.07 Å². The van der Waals surface area contributed by atoms with Gasteiger partial charge in [0.05, 0.1) is 11.9 Å². The van der Waals surface area contributed by atoms with E-state index in [9.17, 15) is 9.59 Å². The van der Waals surface area contributed by atoms with Gasteiger partial charge >= 0.3 is 5.97 Å². The van der Waals surface area contributed by atoms with E-state index in [0.29, 0.717) is 6.54 Å². The van der Waals surface area contributed by atoms with E-state index in [2.05, 4.69) is 10.3 Å². The molecule has 2 rings (SSSR count). The molecule has 7 heteroatoms. The van der Waals surface area contributed by atoms with Gasteiger partial charge in [-0.25, -0.2) is 9.78 Å². The molecule has 19 heavy (non-hydrogen) atoms. The van der Waals surface area contributed by atoms with Crippen molar-refractivity contribution >= 4 is 11.9 Å². The molecule has 1 amide bonds. The zero-order valence-corrected chi connectivity index (χ0v) is 10.1. The minimum Gasteiger partial charge on any atom is -0.478 e. The molecule has 0 atom stereocenters. The van der Waals surface area contributed by atoms with Crippen LogP contribution in [0.4, 0.5) is 0 Å². The summed E-state index contributed by atoms with van der Waals surface area (Å²) in [5, 5.41) is 11.4. The molecule has 100 valence electrons. The number of imidazole rings is 1. The first-order valence-electron chi connectivity index (χ1n) is 5.72. The molecule has 0 spiro atoms. The van der Waals surface area contributed by atoms with Gasteiger partial charge in [-0.3, -0.25) is 4.79 Å². The predicted molar refractivity (Wildman–Crippen MR) is 64.8 cm³/mol. The molecule has 0 bridgehead atoms. The number of carbonyl (C=O) groups excluding carboxylic acids is 1. The summed E-state index contributed by atoms with van der Waals surface area (Å²) in [6.45, 7) is 1.22. The van der Waals surface area contributed by atoms with Crippen molar-refractivity contribution in [3.8, 4) is 0 Å². The Morgan fingerprint density at radius 1 is 1.47 bits per heavy atom. The number of nitrogens with zero attached hydrogens (tertiary/aromatic N) is 2. The van der Waals surface area contributed by atoms with Crippen molar-refractivity contribution in [1.82, 2.24) is 14.9 Å². The van der Waals surface area contributed by atoms with E-state index in [4.69, 9.17) is 9.52 Å². The van der Waals surface area contributed by atoms with Crippen LogP contribution in [0.2, 0.25) is 0 Å². The van der Waals surface area contributed by atoms with Crippen molar-refractivity contribution in [2.24, 2.45) is 0 Å². The average molecular weight is 263 g/mol. The van der Waals surface area contributed by atoms with Gasteiger partial charge in [-0.05, 0) is 6.42 Å². The van der Waals surface area contributed by atoms with E-state index < -0.39 is 11.9 Å². The first-order chi connectivity index (χ1) is 9.16. The number of amides is 1. The lowest BCUT2D eigenvalue weighted by Crippen LogP contribution is -2.24. The van der Waals surface area contributed by atoms with Crippen LogP contribution in [0.25, 0.3) is 0 Å². The molecule has 0 saturated carbocycles. The van der Waals surface area contributed by atoms with Crippen molar-refractivity contribution in [2.75, 3.05) is 6.54 Å². The van der Waals surface area contributed by atoms with E-state index in [1.54, 1.807) is 12.5 Å². The minimum atomic E-state index is -1.12. The molecule has 0 saturated heterocycles. The van der Waals surface area contributed by atoms with Crippen molar-refractivity contribution in [3.63, 3.8) is 0 Å². The van der Waals surface area contributed by atoms with Gasteiger partial charge in [0, 0.05) is 31.5 Å². The zero-order valence-electron chi connectivity index (χ0n) is 10.1. The van der Waals surface area contributed by atoms with Gasteiger partial charge in [0.1, 0.15) is 6.26 Å². The lowest BCUT2D eigenvalue weighted by Gasteiger charge is -2.03. The highest BCUT2D eigenvalue weighted by molar-refractivity contribution is 5.95. The fourth-order valence-electron chi connectivity index (χ4n) is 1.54. The van der Waals surface area contributed by atoms with Crippen LogP contribution in [-0.2, 0) is 6.54 Å². The van der Waals surface area contributed by atoms with E-state index in [-0.39, 0.29) is 11.3 Å². The highest BCUT2D eigenvalue weighted by Gasteiger charge is 2.13. The Hall–Kier alpha value is -2.57. The molecule has 0 aliphatic carbocycles. The fourth-order valence-corrected chi connectivity index (χ4v) is 1.54. The lowest BCUT2D eigenvalue weighted by atomic mass is 10.3. The zero-order chi connectivity index (χ0) is 13.7. The van der Waals surface area contributed by atoms with Crippen molar-refractivity contribution < 1.29 is 19.1 Å². The van der Waals surface area contributed by atoms with Gasteiger partial charge in [-0.15, -0.1) is 0 Å². The van der Waals surface area contributed by atoms with Crippen LogP contribution >= 0.6 is 0 Å². The number of carboxylic acid groups (broad SMARTS) is 1. The van der Waals surface area contributed by atoms with Crippen LogP contribution in [0.5, 0.6) is 0 Å². The number of aromatic carboxylic acids is 1. The Bertz CT molecular complexity index is 559. The van der Waals surface area contributed by atoms with Crippen LogP contribution < -0.4 is 5.32 Å². The number of nitrogens with one attached hydrogen (secondary N) is 1. The van der Waals surface area contributed by atoms with Gasteiger partial charge in [-0.2, -0.15) is 0 Å². The number of hydrogen-bond donors (Lipinski definition) is 2. The van der Waals surface area contributed by atoms with E-state index in [1.807, 2.05) is 10.8 Å². The van der Waals surface area contributed by atoms with Gasteiger partial charge < -0.3 is 19.4 Å². The Balaban J connectivity index is 1.76. The molecule has 0 aliphatic heterocycles. The summed E-state index contributed by atoms with van der Waals surface area (Å²) in [7, 11) is 0. The summed E-state index contributed by atoms with van der Waals surface area (Å²) in [5.41, 5.74) is -0.0384. The number of carboxylic acids is 1. The molecule has 2 N–H and O–H groups in total. The number of aryl methyl sites for hydroxylation is 1. The standard InChI is InChI=1S/C12H13N3O4/c16-11(10-6-9(7-19-10)12(17)18)14-2-1-4-15-5-3-13-8-15/h3,5-8H,1-2,4H2,(H,14,16)(H,17,18). The smallest absolute Gasteiger partial charge is 0.338 e. The monoisotopic (exact) mass is 263 g/mol. The van der Waals surface area contributed by atoms with Crippen molar-refractivity contribution in [1.29, 1.82) is 0 Å². The minimum absolute atomic E-state index is 0.0000286. The number of rotatable bonds is 6. The summed E-state index contributed by atoms with van der Waals surface area (Å²) in [6, 6.07) is 1.20. The predicted octanol–water partition coefficient (Wildman–Crippen LogP) is 0.994. The molecule has 0 unspecified atom stereocenters. The van der Waals surface area contributed by atoms with Gasteiger partial charge in [0.15, 0.2) is 5.76 Å². The largest absolute Gasteiger partial charge is 0.478 e. The second kappa shape index (κ2) is 5.85. The molecule has 2 aromatic heterocycles. The van der Waals surface area contributed by atoms with Crippen molar-refractivity contribution in [2.45, 2.75) is 13.0 Å². The molecule has 0 aromatic carbocycles. The maximum absolute atomic E-state index is 11.6. The summed E-state index contributed by atoms with van der Waals surface area (Å²) in [4.78, 5) is 26.2. The Morgan fingerprint density at radius 2 is 2.32 bits per heavy atom. The fraction of sp³-hybridized carbons (Fsp3) is 0.250. The number of hydrogen-bond acceptors (Lipinski definition) is 4. The third-order valence-electron chi connectivity index (χ3n) is 2.51. The Kier molecular flexibility index (Phi) is 3.97. The number of furan rings is 1. The van der Waals surface area contributed by atoms with Crippen LogP contribution in [-0.4, -0.2) is 33.1 Å². The molecular formula is C12H13N3O4. The molecule has 0 aliphatic rings. The van der Waals surface area contributed by atoms with E-state index >= 15 is 0 Å². The summed E-state index contributed by atoms with van der Waals surface area (Å²) in [5.74, 6) is -1.54. The quantitative estimate of drug-likeness (QED) is 0.757. The lowest BCUT2D eigenvalue weighted by molar-refractivity contribution is 0.0696. The van der Waals surface area contributed by atoms with Gasteiger partial charge in [0.25, 0.3) is 5.91 Å². The number of carbonyl (C=O) groups is 2. The molecule has 0 radical (unpaired) electrons. The Labute approximate surface area is 108 Å². The van der Waals surface area contributed by atoms with E-state index in [0.717, 1.165) is 19.2 Å². The topological polar surface area (TPSA) is 97.4 Å². The molecule has 2 heterocycles. The Morgan fingerprint density at radius 3 is 2.95 bits per heavy atom. The first kappa shape index (κ1) is 12.9. The first-order valence-corrected chi connectivity index (χ1v) is 5.72. The van der Waals surface area contributed by atoms with Gasteiger partial charge in [-0.1, -0.05) is 0 Å². The second-order valence-electron chi connectivity index (χ2n) is 3.91. The second-order valence-corrected chi connectivity index (χ2v) is 3.91. The highest BCUT2D eigenvalue weighted by atomic mass is 16.4. The molecule has 2 aromatic rings. The van der Waals surface area contributed by atoms with Crippen LogP contribution in [0.3, 0.4) is 0 Å². The maximum atomic E-state index is 11.6. The highest BCUT2D eigenvalue weighted by Crippen LogP contribution is 2.07.